The second-order valence-corrected chi connectivity index (χ2v) is 5.73. The molecule has 2 aromatic rings. The van der Waals surface area contributed by atoms with Crippen molar-refractivity contribution in [2.75, 3.05) is 0 Å². The van der Waals surface area contributed by atoms with Gasteiger partial charge in [-0.3, -0.25) is 0 Å². The molecule has 1 N–H and O–H groups in total. The minimum Gasteiger partial charge on any atom is -0.388 e. The van der Waals surface area contributed by atoms with Crippen LogP contribution in [-0.2, 0) is 6.42 Å². The zero-order chi connectivity index (χ0) is 14.0. The molecule has 2 aromatic carbocycles. The summed E-state index contributed by atoms with van der Waals surface area (Å²) in [6.07, 6.45) is -0.328. The van der Waals surface area contributed by atoms with Crippen molar-refractivity contribution >= 4 is 34.8 Å². The fraction of sp³-hybridized carbons (Fsp3) is 0.200. The van der Waals surface area contributed by atoms with Crippen LogP contribution in [0.25, 0.3) is 0 Å². The summed E-state index contributed by atoms with van der Waals surface area (Å²) in [6, 6.07) is 10.8. The molecule has 0 spiro atoms. The minimum absolute atomic E-state index is 0.402. The van der Waals surface area contributed by atoms with E-state index in [0.717, 1.165) is 11.1 Å². The van der Waals surface area contributed by atoms with E-state index in [1.807, 2.05) is 25.1 Å². The number of aliphatic hydroxyl groups is 1. The SMILES string of the molecule is Cc1ccc(CC(O)c2cc(Cl)ccc2Cl)c(Cl)c1. The average molecular weight is 316 g/mol. The lowest BCUT2D eigenvalue weighted by Crippen LogP contribution is -2.03. The molecule has 0 saturated heterocycles. The molecule has 1 unspecified atom stereocenters. The maximum atomic E-state index is 10.3. The lowest BCUT2D eigenvalue weighted by molar-refractivity contribution is 0.178. The van der Waals surface area contributed by atoms with Gasteiger partial charge in [0.15, 0.2) is 0 Å². The number of aliphatic hydroxyl groups excluding tert-OH is 1. The van der Waals surface area contributed by atoms with Crippen LogP contribution < -0.4 is 0 Å². The Morgan fingerprint density at radius 1 is 1.00 bits per heavy atom. The van der Waals surface area contributed by atoms with Crippen LogP contribution in [0.5, 0.6) is 0 Å². The van der Waals surface area contributed by atoms with Gasteiger partial charge in [0.2, 0.25) is 0 Å². The molecular formula is C15H13Cl3O. The van der Waals surface area contributed by atoms with Gasteiger partial charge < -0.3 is 5.11 Å². The van der Waals surface area contributed by atoms with Crippen LogP contribution in [0.3, 0.4) is 0 Å². The van der Waals surface area contributed by atoms with E-state index in [0.29, 0.717) is 27.1 Å². The Morgan fingerprint density at radius 2 is 1.74 bits per heavy atom. The molecule has 0 aliphatic heterocycles. The molecule has 0 aromatic heterocycles. The molecule has 100 valence electrons. The topological polar surface area (TPSA) is 20.2 Å². The van der Waals surface area contributed by atoms with E-state index >= 15 is 0 Å². The third-order valence-electron chi connectivity index (χ3n) is 2.94. The number of hydrogen-bond acceptors (Lipinski definition) is 1. The normalized spacial score (nSPS) is 12.5. The van der Waals surface area contributed by atoms with Gasteiger partial charge >= 0.3 is 0 Å². The Labute approximate surface area is 127 Å². The van der Waals surface area contributed by atoms with Crippen molar-refractivity contribution in [2.45, 2.75) is 19.4 Å². The summed E-state index contributed by atoms with van der Waals surface area (Å²) in [4.78, 5) is 0. The van der Waals surface area contributed by atoms with E-state index in [4.69, 9.17) is 34.8 Å². The molecule has 4 heteroatoms. The maximum Gasteiger partial charge on any atom is 0.0845 e. The van der Waals surface area contributed by atoms with Crippen LogP contribution >= 0.6 is 34.8 Å². The van der Waals surface area contributed by atoms with Gasteiger partial charge in [0.1, 0.15) is 0 Å². The Kier molecular flexibility index (Phi) is 4.75. The first kappa shape index (κ1) is 14.7. The van der Waals surface area contributed by atoms with Gasteiger partial charge in [-0.2, -0.15) is 0 Å². The van der Waals surface area contributed by atoms with Gasteiger partial charge in [-0.1, -0.05) is 46.9 Å². The highest BCUT2D eigenvalue weighted by atomic mass is 35.5. The molecule has 0 bridgehead atoms. The highest BCUT2D eigenvalue weighted by molar-refractivity contribution is 6.33. The fourth-order valence-corrected chi connectivity index (χ4v) is 2.64. The maximum absolute atomic E-state index is 10.3. The van der Waals surface area contributed by atoms with Gasteiger partial charge in [0.05, 0.1) is 6.10 Å². The molecule has 0 saturated carbocycles. The Bertz CT molecular complexity index is 596. The lowest BCUT2D eigenvalue weighted by Gasteiger charge is -2.14. The van der Waals surface area contributed by atoms with Crippen molar-refractivity contribution in [1.29, 1.82) is 0 Å². The van der Waals surface area contributed by atoms with Gasteiger partial charge in [-0.25, -0.2) is 0 Å². The highest BCUT2D eigenvalue weighted by Crippen LogP contribution is 2.30. The van der Waals surface area contributed by atoms with E-state index in [-0.39, 0.29) is 0 Å². The molecule has 1 atom stereocenters. The molecule has 0 fully saturated rings. The Morgan fingerprint density at radius 3 is 2.42 bits per heavy atom. The van der Waals surface area contributed by atoms with Crippen molar-refractivity contribution in [3.63, 3.8) is 0 Å². The van der Waals surface area contributed by atoms with Crippen molar-refractivity contribution in [3.05, 3.63) is 68.2 Å². The second kappa shape index (κ2) is 6.15. The van der Waals surface area contributed by atoms with Crippen molar-refractivity contribution in [1.82, 2.24) is 0 Å². The summed E-state index contributed by atoms with van der Waals surface area (Å²) in [5, 5.41) is 12.0. The third-order valence-corrected chi connectivity index (χ3v) is 3.87. The number of benzene rings is 2. The predicted molar refractivity (Wildman–Crippen MR) is 81.3 cm³/mol. The van der Waals surface area contributed by atoms with Crippen molar-refractivity contribution in [2.24, 2.45) is 0 Å². The van der Waals surface area contributed by atoms with Crippen molar-refractivity contribution < 1.29 is 5.11 Å². The molecule has 0 aliphatic rings. The number of rotatable bonds is 3. The van der Waals surface area contributed by atoms with Crippen LogP contribution in [0.1, 0.15) is 22.8 Å². The fourth-order valence-electron chi connectivity index (χ4n) is 1.91. The summed E-state index contributed by atoms with van der Waals surface area (Å²) in [5.41, 5.74) is 2.59. The molecule has 0 aliphatic carbocycles. The van der Waals surface area contributed by atoms with Gasteiger partial charge in [-0.05, 0) is 42.3 Å². The van der Waals surface area contributed by atoms with Crippen LogP contribution in [0.4, 0.5) is 0 Å². The number of halogens is 3. The van der Waals surface area contributed by atoms with Gasteiger partial charge in [0.25, 0.3) is 0 Å². The van der Waals surface area contributed by atoms with E-state index in [1.54, 1.807) is 18.2 Å². The first-order chi connectivity index (χ1) is 8.97. The van der Waals surface area contributed by atoms with E-state index in [1.165, 1.54) is 0 Å². The summed E-state index contributed by atoms with van der Waals surface area (Å²) in [7, 11) is 0. The summed E-state index contributed by atoms with van der Waals surface area (Å²) in [6.45, 7) is 1.97. The van der Waals surface area contributed by atoms with Gasteiger partial charge in [0, 0.05) is 27.1 Å². The summed E-state index contributed by atoms with van der Waals surface area (Å²) >= 11 is 18.2. The molecular weight excluding hydrogens is 303 g/mol. The largest absolute Gasteiger partial charge is 0.388 e. The smallest absolute Gasteiger partial charge is 0.0845 e. The molecule has 2 rings (SSSR count). The van der Waals surface area contributed by atoms with E-state index in [9.17, 15) is 5.11 Å². The molecule has 1 nitrogen and oxygen atoms in total. The van der Waals surface area contributed by atoms with Crippen LogP contribution in [0.15, 0.2) is 36.4 Å². The molecule has 0 radical (unpaired) electrons. The van der Waals surface area contributed by atoms with E-state index < -0.39 is 6.10 Å². The Hall–Kier alpha value is -0.730. The van der Waals surface area contributed by atoms with Crippen LogP contribution in [0, 0.1) is 6.92 Å². The second-order valence-electron chi connectivity index (χ2n) is 4.48. The molecule has 19 heavy (non-hydrogen) atoms. The minimum atomic E-state index is -0.730. The van der Waals surface area contributed by atoms with Crippen molar-refractivity contribution in [3.8, 4) is 0 Å². The number of aryl methyl sites for hydroxylation is 1. The Balaban J connectivity index is 2.25. The molecule has 0 heterocycles. The lowest BCUT2D eigenvalue weighted by atomic mass is 10.0. The zero-order valence-electron chi connectivity index (χ0n) is 10.3. The third kappa shape index (κ3) is 3.64. The first-order valence-electron chi connectivity index (χ1n) is 5.85. The van der Waals surface area contributed by atoms with Crippen LogP contribution in [-0.4, -0.2) is 5.11 Å². The van der Waals surface area contributed by atoms with Gasteiger partial charge in [-0.15, -0.1) is 0 Å². The average Bonchev–Trinajstić information content (AvgIpc) is 2.35. The number of hydrogen-bond donors (Lipinski definition) is 1. The highest BCUT2D eigenvalue weighted by Gasteiger charge is 2.14. The predicted octanol–water partition coefficient (Wildman–Crippen LogP) is 5.23. The quantitative estimate of drug-likeness (QED) is 0.822. The zero-order valence-corrected chi connectivity index (χ0v) is 12.6. The summed E-state index contributed by atoms with van der Waals surface area (Å²) < 4.78 is 0. The molecule has 0 amide bonds. The summed E-state index contributed by atoms with van der Waals surface area (Å²) in [5.74, 6) is 0. The monoisotopic (exact) mass is 314 g/mol. The van der Waals surface area contributed by atoms with Crippen LogP contribution in [0.2, 0.25) is 15.1 Å². The first-order valence-corrected chi connectivity index (χ1v) is 6.99. The van der Waals surface area contributed by atoms with E-state index in [2.05, 4.69) is 0 Å². The standard InChI is InChI=1S/C15H13Cl3O/c1-9-2-3-10(14(18)6-9)7-15(19)12-8-11(16)4-5-13(12)17/h2-6,8,15,19H,7H2,1H3.